The number of nitrogens with zero attached hydrogens (tertiary/aromatic N) is 1. The molecular weight excluding hydrogens is 366 g/mol. The highest BCUT2D eigenvalue weighted by molar-refractivity contribution is 9.10. The van der Waals surface area contributed by atoms with E-state index in [9.17, 15) is 13.6 Å². The van der Waals surface area contributed by atoms with Crippen molar-refractivity contribution in [2.45, 2.75) is 6.04 Å². The van der Waals surface area contributed by atoms with Gasteiger partial charge >= 0.3 is 0 Å². The third-order valence-electron chi connectivity index (χ3n) is 3.52. The minimum absolute atomic E-state index is 0.0476. The van der Waals surface area contributed by atoms with E-state index in [1.807, 2.05) is 0 Å². The predicted octanol–water partition coefficient (Wildman–Crippen LogP) is 3.76. The Morgan fingerprint density at radius 3 is 2.22 bits per heavy atom. The predicted molar refractivity (Wildman–Crippen MR) is 89.3 cm³/mol. The first-order chi connectivity index (χ1) is 10.9. The van der Waals surface area contributed by atoms with Gasteiger partial charge in [0.05, 0.1) is 6.04 Å². The molecule has 122 valence electrons. The van der Waals surface area contributed by atoms with Gasteiger partial charge in [-0.2, -0.15) is 0 Å². The Kier molecular flexibility index (Phi) is 5.85. The molecule has 2 aromatic carbocycles. The largest absolute Gasteiger partial charge is 0.350 e. The van der Waals surface area contributed by atoms with Crippen LogP contribution in [-0.2, 0) is 0 Å². The van der Waals surface area contributed by atoms with Gasteiger partial charge in [0.15, 0.2) is 0 Å². The van der Waals surface area contributed by atoms with Gasteiger partial charge in [-0.25, -0.2) is 8.78 Å². The van der Waals surface area contributed by atoms with Crippen LogP contribution in [-0.4, -0.2) is 31.4 Å². The third-order valence-corrected chi connectivity index (χ3v) is 4.05. The average molecular weight is 383 g/mol. The molecule has 0 saturated heterocycles. The van der Waals surface area contributed by atoms with Crippen molar-refractivity contribution in [2.24, 2.45) is 0 Å². The fourth-order valence-corrected chi connectivity index (χ4v) is 2.53. The van der Waals surface area contributed by atoms with Gasteiger partial charge < -0.3 is 10.2 Å². The minimum Gasteiger partial charge on any atom is -0.350 e. The van der Waals surface area contributed by atoms with Crippen molar-refractivity contribution in [3.63, 3.8) is 0 Å². The van der Waals surface area contributed by atoms with Crippen molar-refractivity contribution in [1.29, 1.82) is 0 Å². The zero-order chi connectivity index (χ0) is 17.0. The molecule has 1 N–H and O–H groups in total. The smallest absolute Gasteiger partial charge is 0.251 e. The molecule has 2 rings (SSSR count). The molecule has 0 radical (unpaired) electrons. The van der Waals surface area contributed by atoms with Crippen molar-refractivity contribution in [3.05, 3.63) is 69.7 Å². The number of carbonyl (C=O) groups excluding carboxylic acids is 1. The highest BCUT2D eigenvalue weighted by Gasteiger charge is 2.22. The van der Waals surface area contributed by atoms with Crippen LogP contribution in [0.15, 0.2) is 46.9 Å². The van der Waals surface area contributed by atoms with Gasteiger partial charge in [-0.15, -0.1) is 0 Å². The summed E-state index contributed by atoms with van der Waals surface area (Å²) >= 11 is 3.30. The maximum Gasteiger partial charge on any atom is 0.251 e. The Bertz CT molecular complexity index is 669. The molecule has 2 aromatic rings. The Labute approximate surface area is 142 Å². The maximum atomic E-state index is 14.0. The highest BCUT2D eigenvalue weighted by atomic mass is 79.9. The van der Waals surface area contributed by atoms with Gasteiger partial charge in [0, 0.05) is 22.1 Å². The van der Waals surface area contributed by atoms with Crippen LogP contribution in [0.2, 0.25) is 0 Å². The fraction of sp³-hybridized carbons (Fsp3) is 0.235. The van der Waals surface area contributed by atoms with Gasteiger partial charge in [0.2, 0.25) is 0 Å². The second kappa shape index (κ2) is 7.66. The second-order valence-corrected chi connectivity index (χ2v) is 6.25. The zero-order valence-electron chi connectivity index (χ0n) is 12.8. The second-order valence-electron chi connectivity index (χ2n) is 5.33. The van der Waals surface area contributed by atoms with Gasteiger partial charge in [-0.1, -0.05) is 22.0 Å². The van der Waals surface area contributed by atoms with E-state index in [-0.39, 0.29) is 18.0 Å². The molecule has 6 heteroatoms. The van der Waals surface area contributed by atoms with Crippen LogP contribution >= 0.6 is 15.9 Å². The first kappa shape index (κ1) is 17.6. The summed E-state index contributed by atoms with van der Waals surface area (Å²) in [7, 11) is 3.42. The Morgan fingerprint density at radius 2 is 1.70 bits per heavy atom. The van der Waals surface area contributed by atoms with Gasteiger partial charge in [0.1, 0.15) is 11.6 Å². The third kappa shape index (κ3) is 4.36. The molecule has 1 atom stereocenters. The summed E-state index contributed by atoms with van der Waals surface area (Å²) in [6.45, 7) is 0.0970. The zero-order valence-corrected chi connectivity index (χ0v) is 14.4. The lowest BCUT2D eigenvalue weighted by Crippen LogP contribution is -2.35. The maximum absolute atomic E-state index is 14.0. The standard InChI is InChI=1S/C17H17BrF2N2O/c1-22(2)15(16-13(19)4-3-5-14(16)20)10-21-17(23)11-6-8-12(18)9-7-11/h3-9,15H,10H2,1-2H3,(H,21,23). The van der Waals surface area contributed by atoms with Crippen LogP contribution in [0, 0.1) is 11.6 Å². The van der Waals surface area contributed by atoms with Gasteiger partial charge in [-0.05, 0) is 50.5 Å². The number of amides is 1. The lowest BCUT2D eigenvalue weighted by atomic mass is 10.0. The van der Waals surface area contributed by atoms with E-state index in [4.69, 9.17) is 0 Å². The first-order valence-electron chi connectivity index (χ1n) is 7.04. The van der Waals surface area contributed by atoms with Crippen molar-refractivity contribution < 1.29 is 13.6 Å². The average Bonchev–Trinajstić information content (AvgIpc) is 2.50. The monoisotopic (exact) mass is 382 g/mol. The lowest BCUT2D eigenvalue weighted by molar-refractivity contribution is 0.0940. The summed E-state index contributed by atoms with van der Waals surface area (Å²) < 4.78 is 28.8. The topological polar surface area (TPSA) is 32.3 Å². The van der Waals surface area contributed by atoms with Crippen molar-refractivity contribution in [3.8, 4) is 0 Å². The highest BCUT2D eigenvalue weighted by Crippen LogP contribution is 2.24. The molecule has 0 heterocycles. The van der Waals surface area contributed by atoms with E-state index in [1.54, 1.807) is 43.3 Å². The summed E-state index contributed by atoms with van der Waals surface area (Å²) in [5.41, 5.74) is 0.438. The molecule has 0 aliphatic rings. The summed E-state index contributed by atoms with van der Waals surface area (Å²) in [5, 5.41) is 2.72. The number of rotatable bonds is 5. The molecule has 0 fully saturated rings. The number of likely N-dealkylation sites (N-methyl/N-ethyl adjacent to an activating group) is 1. The van der Waals surface area contributed by atoms with Crippen LogP contribution < -0.4 is 5.32 Å². The normalized spacial score (nSPS) is 12.3. The summed E-state index contributed by atoms with van der Waals surface area (Å²) in [5.74, 6) is -1.54. The fourth-order valence-electron chi connectivity index (χ4n) is 2.26. The first-order valence-corrected chi connectivity index (χ1v) is 7.83. The van der Waals surface area contributed by atoms with Gasteiger partial charge in [0.25, 0.3) is 5.91 Å². The Balaban J connectivity index is 2.14. The van der Waals surface area contributed by atoms with Crippen LogP contribution in [0.1, 0.15) is 22.0 Å². The number of carbonyl (C=O) groups is 1. The molecule has 0 spiro atoms. The van der Waals surface area contributed by atoms with Crippen LogP contribution in [0.4, 0.5) is 8.78 Å². The number of benzene rings is 2. The Morgan fingerprint density at radius 1 is 1.13 bits per heavy atom. The van der Waals surface area contributed by atoms with E-state index in [0.29, 0.717) is 5.56 Å². The number of hydrogen-bond donors (Lipinski definition) is 1. The number of hydrogen-bond acceptors (Lipinski definition) is 2. The quantitative estimate of drug-likeness (QED) is 0.853. The van der Waals surface area contributed by atoms with Crippen molar-refractivity contribution >= 4 is 21.8 Å². The molecule has 1 unspecified atom stereocenters. The van der Waals surface area contributed by atoms with E-state index < -0.39 is 17.7 Å². The van der Waals surface area contributed by atoms with E-state index in [0.717, 1.165) is 4.47 Å². The van der Waals surface area contributed by atoms with Crippen LogP contribution in [0.25, 0.3) is 0 Å². The van der Waals surface area contributed by atoms with Crippen molar-refractivity contribution in [1.82, 2.24) is 10.2 Å². The van der Waals surface area contributed by atoms with Crippen LogP contribution in [0.3, 0.4) is 0 Å². The number of halogens is 3. The van der Waals surface area contributed by atoms with E-state index in [1.165, 1.54) is 18.2 Å². The SMILES string of the molecule is CN(C)C(CNC(=O)c1ccc(Br)cc1)c1c(F)cccc1F. The molecular formula is C17H17BrF2N2O. The molecule has 0 aliphatic carbocycles. The molecule has 0 aromatic heterocycles. The molecule has 0 aliphatic heterocycles. The lowest BCUT2D eigenvalue weighted by Gasteiger charge is -2.25. The van der Waals surface area contributed by atoms with Crippen LogP contribution in [0.5, 0.6) is 0 Å². The molecule has 23 heavy (non-hydrogen) atoms. The summed E-state index contributed by atoms with van der Waals surface area (Å²) in [6.07, 6.45) is 0. The molecule has 0 saturated carbocycles. The molecule has 0 bridgehead atoms. The van der Waals surface area contributed by atoms with E-state index >= 15 is 0 Å². The molecule has 3 nitrogen and oxygen atoms in total. The molecule has 1 amide bonds. The van der Waals surface area contributed by atoms with Crippen molar-refractivity contribution in [2.75, 3.05) is 20.6 Å². The minimum atomic E-state index is -0.624. The number of nitrogens with one attached hydrogen (secondary N) is 1. The summed E-state index contributed by atoms with van der Waals surface area (Å²) in [4.78, 5) is 13.8. The van der Waals surface area contributed by atoms with Gasteiger partial charge in [-0.3, -0.25) is 4.79 Å². The summed E-state index contributed by atoms with van der Waals surface area (Å²) in [6, 6.07) is 10.0. The Hall–Kier alpha value is -1.79. The van der Waals surface area contributed by atoms with E-state index in [2.05, 4.69) is 21.2 Å².